The maximum atomic E-state index is 12.8. The Hall–Kier alpha value is -2.45. The molecule has 0 saturated carbocycles. The molecule has 0 atom stereocenters. The van der Waals surface area contributed by atoms with Crippen LogP contribution in [0, 0.1) is 0 Å². The van der Waals surface area contributed by atoms with Gasteiger partial charge < -0.3 is 9.30 Å². The third kappa shape index (κ3) is 4.20. The number of benzene rings is 1. The van der Waals surface area contributed by atoms with Crippen molar-refractivity contribution in [3.63, 3.8) is 0 Å². The summed E-state index contributed by atoms with van der Waals surface area (Å²) in [4.78, 5) is 31.9. The monoisotopic (exact) mass is 372 g/mol. The molecule has 0 unspecified atom stereocenters. The number of aromatic amines is 1. The molecule has 0 saturated heterocycles. The number of ether oxygens (including phenoxy) is 1. The van der Waals surface area contributed by atoms with E-state index in [-0.39, 0.29) is 12.3 Å². The second-order valence-corrected chi connectivity index (χ2v) is 13.2. The fraction of sp³-hybridized carbons (Fsp3) is 0.389. The smallest absolute Gasteiger partial charge is 0.332 e. The molecule has 3 aromatic rings. The minimum atomic E-state index is -1.22. The highest BCUT2D eigenvalue weighted by Crippen LogP contribution is 2.09. The Morgan fingerprint density at radius 3 is 2.58 bits per heavy atom. The second-order valence-electron chi connectivity index (χ2n) is 7.57. The molecule has 1 N–H and O–H groups in total. The van der Waals surface area contributed by atoms with Crippen LogP contribution < -0.4 is 11.2 Å². The Labute approximate surface area is 152 Å². The molecule has 0 amide bonds. The van der Waals surface area contributed by atoms with E-state index in [1.807, 2.05) is 30.3 Å². The van der Waals surface area contributed by atoms with Crippen LogP contribution in [-0.4, -0.2) is 33.8 Å². The van der Waals surface area contributed by atoms with Gasteiger partial charge in [-0.15, -0.1) is 0 Å². The van der Waals surface area contributed by atoms with Crippen molar-refractivity contribution in [2.24, 2.45) is 0 Å². The van der Waals surface area contributed by atoms with Gasteiger partial charge in [-0.05, 0) is 11.6 Å². The number of H-pyrrole nitrogens is 1. The molecule has 2 heterocycles. The molecule has 0 aliphatic carbocycles. The van der Waals surface area contributed by atoms with Gasteiger partial charge in [0.2, 0.25) is 0 Å². The van der Waals surface area contributed by atoms with E-state index >= 15 is 0 Å². The van der Waals surface area contributed by atoms with Crippen LogP contribution in [0.1, 0.15) is 5.56 Å². The SMILES string of the molecule is C[Si](C)(C)CCOCn1c(=O)[nH]c2ncn(Cc3ccccc3)c2c1=O. The maximum absolute atomic E-state index is 12.8. The zero-order valence-corrected chi connectivity index (χ0v) is 16.4. The summed E-state index contributed by atoms with van der Waals surface area (Å²) in [6.45, 7) is 7.76. The standard InChI is InChI=1S/C18H24N4O3Si/c1-26(2,3)10-9-25-13-22-17(23)15-16(20-18(22)24)19-12-21(15)11-14-7-5-4-6-8-14/h4-8,12H,9-11,13H2,1-3H3,(H,20,24). The van der Waals surface area contributed by atoms with Gasteiger partial charge in [0.25, 0.3) is 5.56 Å². The number of fused-ring (bicyclic) bond motifs is 1. The largest absolute Gasteiger partial charge is 0.361 e. The fourth-order valence-electron chi connectivity index (χ4n) is 2.64. The van der Waals surface area contributed by atoms with Crippen molar-refractivity contribution >= 4 is 19.2 Å². The van der Waals surface area contributed by atoms with Gasteiger partial charge >= 0.3 is 5.69 Å². The highest BCUT2D eigenvalue weighted by Gasteiger charge is 2.15. The number of rotatable bonds is 7. The molecular formula is C18H24N4O3Si. The lowest BCUT2D eigenvalue weighted by Crippen LogP contribution is -2.37. The van der Waals surface area contributed by atoms with Gasteiger partial charge in [0, 0.05) is 21.2 Å². The second kappa shape index (κ2) is 7.43. The first kappa shape index (κ1) is 18.3. The van der Waals surface area contributed by atoms with Crippen LogP contribution in [0.4, 0.5) is 0 Å². The van der Waals surface area contributed by atoms with E-state index in [1.54, 1.807) is 10.9 Å². The number of nitrogens with one attached hydrogen (secondary N) is 1. The van der Waals surface area contributed by atoms with Crippen LogP contribution in [0.15, 0.2) is 46.2 Å². The summed E-state index contributed by atoms with van der Waals surface area (Å²) >= 11 is 0. The molecular weight excluding hydrogens is 348 g/mol. The average molecular weight is 373 g/mol. The van der Waals surface area contributed by atoms with Crippen LogP contribution in [0.5, 0.6) is 0 Å². The predicted molar refractivity (Wildman–Crippen MR) is 104 cm³/mol. The van der Waals surface area contributed by atoms with Crippen LogP contribution in [0.25, 0.3) is 11.2 Å². The maximum Gasteiger partial charge on any atom is 0.332 e. The van der Waals surface area contributed by atoms with Crippen molar-refractivity contribution in [3.8, 4) is 0 Å². The van der Waals surface area contributed by atoms with Gasteiger partial charge in [-0.2, -0.15) is 0 Å². The first-order valence-electron chi connectivity index (χ1n) is 8.65. The van der Waals surface area contributed by atoms with Gasteiger partial charge in [-0.25, -0.2) is 14.3 Å². The molecule has 0 aliphatic heterocycles. The summed E-state index contributed by atoms with van der Waals surface area (Å²) in [7, 11) is -1.22. The van der Waals surface area contributed by atoms with Crippen LogP contribution in [0.3, 0.4) is 0 Å². The molecule has 0 fully saturated rings. The summed E-state index contributed by atoms with van der Waals surface area (Å²) in [5.41, 5.74) is 0.845. The van der Waals surface area contributed by atoms with E-state index < -0.39 is 13.8 Å². The normalized spacial score (nSPS) is 12.0. The first-order valence-corrected chi connectivity index (χ1v) is 12.4. The topological polar surface area (TPSA) is 81.9 Å². The minimum absolute atomic E-state index is 0.0505. The third-order valence-electron chi connectivity index (χ3n) is 4.17. The van der Waals surface area contributed by atoms with Crippen LogP contribution in [0.2, 0.25) is 25.7 Å². The fourth-order valence-corrected chi connectivity index (χ4v) is 3.39. The van der Waals surface area contributed by atoms with Crippen molar-refractivity contribution in [2.75, 3.05) is 6.61 Å². The number of imidazole rings is 1. The van der Waals surface area contributed by atoms with Gasteiger partial charge in [0.05, 0.1) is 6.33 Å². The van der Waals surface area contributed by atoms with E-state index in [9.17, 15) is 9.59 Å². The van der Waals surface area contributed by atoms with Crippen molar-refractivity contribution in [1.82, 2.24) is 19.1 Å². The van der Waals surface area contributed by atoms with Crippen molar-refractivity contribution in [2.45, 2.75) is 39.0 Å². The van der Waals surface area contributed by atoms with E-state index in [0.29, 0.717) is 24.3 Å². The van der Waals surface area contributed by atoms with E-state index in [4.69, 9.17) is 4.74 Å². The number of aromatic nitrogens is 4. The Morgan fingerprint density at radius 1 is 1.15 bits per heavy atom. The molecule has 7 nitrogen and oxygen atoms in total. The summed E-state index contributed by atoms with van der Waals surface area (Å²) in [6.07, 6.45) is 1.57. The molecule has 0 bridgehead atoms. The summed E-state index contributed by atoms with van der Waals surface area (Å²) in [5.74, 6) is 0. The van der Waals surface area contributed by atoms with Gasteiger partial charge in [0.1, 0.15) is 6.73 Å². The average Bonchev–Trinajstić information content (AvgIpc) is 2.96. The summed E-state index contributed by atoms with van der Waals surface area (Å²) < 4.78 is 8.43. The quantitative estimate of drug-likeness (QED) is 0.509. The van der Waals surface area contributed by atoms with E-state index in [1.165, 1.54) is 0 Å². The highest BCUT2D eigenvalue weighted by atomic mass is 28.3. The first-order chi connectivity index (χ1) is 12.3. The van der Waals surface area contributed by atoms with Crippen LogP contribution in [-0.2, 0) is 18.0 Å². The molecule has 138 valence electrons. The summed E-state index contributed by atoms with van der Waals surface area (Å²) in [5, 5.41) is 0. The number of nitrogens with zero attached hydrogens (tertiary/aromatic N) is 3. The molecule has 1 aromatic carbocycles. The molecule has 2 aromatic heterocycles. The van der Waals surface area contributed by atoms with Gasteiger partial charge in [-0.3, -0.25) is 9.78 Å². The molecule has 3 rings (SSSR count). The number of hydrogen-bond acceptors (Lipinski definition) is 4. The molecule has 0 aliphatic rings. The molecule has 0 spiro atoms. The predicted octanol–water partition coefficient (Wildman–Crippen LogP) is 2.25. The Bertz CT molecular complexity index is 999. The lowest BCUT2D eigenvalue weighted by atomic mass is 10.2. The van der Waals surface area contributed by atoms with Crippen LogP contribution >= 0.6 is 0 Å². The van der Waals surface area contributed by atoms with Gasteiger partial charge in [-0.1, -0.05) is 50.0 Å². The number of hydrogen-bond donors (Lipinski definition) is 1. The minimum Gasteiger partial charge on any atom is -0.361 e. The van der Waals surface area contributed by atoms with Crippen molar-refractivity contribution < 1.29 is 4.74 Å². The zero-order chi connectivity index (χ0) is 18.7. The Morgan fingerprint density at radius 2 is 1.88 bits per heavy atom. The highest BCUT2D eigenvalue weighted by molar-refractivity contribution is 6.76. The van der Waals surface area contributed by atoms with Crippen molar-refractivity contribution in [1.29, 1.82) is 0 Å². The van der Waals surface area contributed by atoms with Gasteiger partial charge in [0.15, 0.2) is 11.2 Å². The molecule has 8 heteroatoms. The molecule has 0 radical (unpaired) electrons. The Kier molecular flexibility index (Phi) is 5.24. The van der Waals surface area contributed by atoms with Crippen molar-refractivity contribution in [3.05, 3.63) is 63.1 Å². The third-order valence-corrected chi connectivity index (χ3v) is 5.87. The van der Waals surface area contributed by atoms with E-state index in [2.05, 4.69) is 29.6 Å². The molecule has 26 heavy (non-hydrogen) atoms. The zero-order valence-electron chi connectivity index (χ0n) is 15.4. The lowest BCUT2D eigenvalue weighted by molar-refractivity contribution is 0.0819. The van der Waals surface area contributed by atoms with E-state index in [0.717, 1.165) is 16.2 Å². The lowest BCUT2D eigenvalue weighted by Gasteiger charge is -2.15. The summed E-state index contributed by atoms with van der Waals surface area (Å²) in [6, 6.07) is 10.8. The Balaban J connectivity index is 1.87.